The lowest BCUT2D eigenvalue weighted by Crippen LogP contribution is -2.18. The molecular weight excluding hydrogens is 354 g/mol. The number of benzene rings is 2. The molecule has 0 aliphatic carbocycles. The molecule has 5 nitrogen and oxygen atoms in total. The van der Waals surface area contributed by atoms with Crippen molar-refractivity contribution in [2.75, 3.05) is 0 Å². The van der Waals surface area contributed by atoms with Gasteiger partial charge in [-0.3, -0.25) is 0 Å². The third-order valence-electron chi connectivity index (χ3n) is 5.33. The van der Waals surface area contributed by atoms with E-state index in [-0.39, 0.29) is 0 Å². The predicted molar refractivity (Wildman–Crippen MR) is 108 cm³/mol. The first-order chi connectivity index (χ1) is 13.3. The van der Waals surface area contributed by atoms with E-state index in [1.165, 1.54) is 27.1 Å². The van der Waals surface area contributed by atoms with Crippen LogP contribution in [0.4, 0.5) is 0 Å². The summed E-state index contributed by atoms with van der Waals surface area (Å²) in [7, 11) is 0. The summed E-state index contributed by atoms with van der Waals surface area (Å²) in [6.07, 6.45) is 1.98. The van der Waals surface area contributed by atoms with Crippen molar-refractivity contribution in [2.45, 2.75) is 42.5 Å². The molecule has 3 heterocycles. The van der Waals surface area contributed by atoms with Crippen LogP contribution in [0.5, 0.6) is 0 Å². The highest BCUT2D eigenvalue weighted by atomic mass is 32.2. The highest BCUT2D eigenvalue weighted by Gasteiger charge is 2.31. The second-order valence-corrected chi connectivity index (χ2v) is 8.51. The van der Waals surface area contributed by atoms with Crippen LogP contribution >= 0.6 is 11.8 Å². The Bertz CT molecular complexity index is 1060. The number of aromatic nitrogens is 5. The van der Waals surface area contributed by atoms with Gasteiger partial charge in [-0.2, -0.15) is 5.21 Å². The second-order valence-electron chi connectivity index (χ2n) is 7.22. The SMILES string of the molecule is CC1CC(Cc2nn[nH]n2)Sc2c1c1ccccc1n2Cc1ccccc1. The monoisotopic (exact) mass is 375 g/mol. The van der Waals surface area contributed by atoms with Crippen molar-refractivity contribution in [3.05, 3.63) is 71.5 Å². The molecule has 2 aromatic heterocycles. The molecule has 2 unspecified atom stereocenters. The highest BCUT2D eigenvalue weighted by Crippen LogP contribution is 2.47. The molecule has 1 aliphatic rings. The van der Waals surface area contributed by atoms with Crippen LogP contribution in [0.25, 0.3) is 10.9 Å². The summed E-state index contributed by atoms with van der Waals surface area (Å²) in [6.45, 7) is 3.24. The fraction of sp³-hybridized carbons (Fsp3) is 0.286. The van der Waals surface area contributed by atoms with Crippen molar-refractivity contribution < 1.29 is 0 Å². The van der Waals surface area contributed by atoms with Crippen LogP contribution in [-0.4, -0.2) is 30.4 Å². The number of para-hydroxylation sites is 1. The van der Waals surface area contributed by atoms with E-state index in [1.807, 2.05) is 11.8 Å². The molecular formula is C21H21N5S. The summed E-state index contributed by atoms with van der Waals surface area (Å²) in [4.78, 5) is 0. The number of fused-ring (bicyclic) bond motifs is 3. The first kappa shape index (κ1) is 16.6. The molecule has 2 atom stereocenters. The number of hydrogen-bond donors (Lipinski definition) is 1. The summed E-state index contributed by atoms with van der Waals surface area (Å²) >= 11 is 1.97. The van der Waals surface area contributed by atoms with Gasteiger partial charge in [0, 0.05) is 29.1 Å². The number of thioether (sulfide) groups is 1. The molecule has 136 valence electrons. The van der Waals surface area contributed by atoms with Gasteiger partial charge in [0.1, 0.15) is 0 Å². The van der Waals surface area contributed by atoms with Gasteiger partial charge >= 0.3 is 0 Å². The molecule has 1 aliphatic heterocycles. The molecule has 27 heavy (non-hydrogen) atoms. The third-order valence-corrected chi connectivity index (χ3v) is 6.69. The summed E-state index contributed by atoms with van der Waals surface area (Å²) in [5.41, 5.74) is 4.15. The normalized spacial score (nSPS) is 19.3. The molecule has 0 bridgehead atoms. The van der Waals surface area contributed by atoms with Crippen molar-refractivity contribution in [3.8, 4) is 0 Å². The van der Waals surface area contributed by atoms with Gasteiger partial charge in [-0.25, -0.2) is 0 Å². The first-order valence-electron chi connectivity index (χ1n) is 9.33. The molecule has 4 aromatic rings. The van der Waals surface area contributed by atoms with Gasteiger partial charge in [-0.1, -0.05) is 60.7 Å². The van der Waals surface area contributed by atoms with Crippen molar-refractivity contribution in [1.82, 2.24) is 25.2 Å². The summed E-state index contributed by atoms with van der Waals surface area (Å²) in [5.74, 6) is 1.31. The maximum Gasteiger partial charge on any atom is 0.175 e. The van der Waals surface area contributed by atoms with Crippen LogP contribution in [0.1, 0.15) is 36.2 Å². The lowest BCUT2D eigenvalue weighted by molar-refractivity contribution is 0.598. The van der Waals surface area contributed by atoms with Gasteiger partial charge in [0.25, 0.3) is 0 Å². The fourth-order valence-corrected chi connectivity index (χ4v) is 5.81. The third kappa shape index (κ3) is 3.04. The number of rotatable bonds is 4. The Labute approximate surface area is 162 Å². The maximum atomic E-state index is 4.16. The Morgan fingerprint density at radius 3 is 2.74 bits per heavy atom. The number of nitrogens with zero attached hydrogens (tertiary/aromatic N) is 4. The zero-order valence-corrected chi connectivity index (χ0v) is 16.0. The number of nitrogens with one attached hydrogen (secondary N) is 1. The maximum absolute atomic E-state index is 4.16. The van der Waals surface area contributed by atoms with E-state index in [0.29, 0.717) is 11.2 Å². The van der Waals surface area contributed by atoms with Crippen LogP contribution in [0.3, 0.4) is 0 Å². The standard InChI is InChI=1S/C21H21N5S/c1-14-11-16(12-19-22-24-25-23-19)27-21-20(14)17-9-5-6-10-18(17)26(21)13-15-7-3-2-4-8-15/h2-10,14,16H,11-13H2,1H3,(H,22,23,24,25). The van der Waals surface area contributed by atoms with Crippen LogP contribution in [-0.2, 0) is 13.0 Å². The first-order valence-corrected chi connectivity index (χ1v) is 10.2. The van der Waals surface area contributed by atoms with Crippen molar-refractivity contribution >= 4 is 22.7 Å². The Balaban J connectivity index is 1.58. The summed E-state index contributed by atoms with van der Waals surface area (Å²) in [6, 6.07) is 19.5. The van der Waals surface area contributed by atoms with Crippen LogP contribution < -0.4 is 0 Å². The smallest absolute Gasteiger partial charge is 0.175 e. The van der Waals surface area contributed by atoms with E-state index in [2.05, 4.69) is 86.7 Å². The van der Waals surface area contributed by atoms with E-state index in [1.54, 1.807) is 0 Å². The molecule has 0 fully saturated rings. The number of aromatic amines is 1. The summed E-state index contributed by atoms with van der Waals surface area (Å²) < 4.78 is 2.49. The molecule has 1 N–H and O–H groups in total. The van der Waals surface area contributed by atoms with Gasteiger partial charge in [0.05, 0.1) is 5.03 Å². The second kappa shape index (κ2) is 6.85. The molecule has 0 saturated carbocycles. The Morgan fingerprint density at radius 2 is 1.93 bits per heavy atom. The average Bonchev–Trinajstić information content (AvgIpc) is 3.30. The predicted octanol–water partition coefficient (Wildman–Crippen LogP) is 4.41. The summed E-state index contributed by atoms with van der Waals surface area (Å²) in [5, 5.41) is 17.8. The van der Waals surface area contributed by atoms with E-state index in [0.717, 1.165) is 25.2 Å². The number of tetrazole rings is 1. The topological polar surface area (TPSA) is 59.4 Å². The van der Waals surface area contributed by atoms with E-state index in [4.69, 9.17) is 0 Å². The zero-order valence-electron chi connectivity index (χ0n) is 15.2. The van der Waals surface area contributed by atoms with Gasteiger partial charge in [0.2, 0.25) is 0 Å². The zero-order chi connectivity index (χ0) is 18.2. The molecule has 5 rings (SSSR count). The number of hydrogen-bond acceptors (Lipinski definition) is 4. The van der Waals surface area contributed by atoms with E-state index in [9.17, 15) is 0 Å². The van der Waals surface area contributed by atoms with Crippen molar-refractivity contribution in [1.29, 1.82) is 0 Å². The van der Waals surface area contributed by atoms with Crippen LogP contribution in [0.2, 0.25) is 0 Å². The minimum absolute atomic E-state index is 0.462. The molecule has 6 heteroatoms. The van der Waals surface area contributed by atoms with Crippen molar-refractivity contribution in [2.24, 2.45) is 0 Å². The lowest BCUT2D eigenvalue weighted by Gasteiger charge is -2.27. The average molecular weight is 376 g/mol. The van der Waals surface area contributed by atoms with Crippen molar-refractivity contribution in [3.63, 3.8) is 0 Å². The van der Waals surface area contributed by atoms with Crippen LogP contribution in [0.15, 0.2) is 59.6 Å². The Kier molecular flexibility index (Phi) is 4.20. The molecule has 0 radical (unpaired) electrons. The Morgan fingerprint density at radius 1 is 1.11 bits per heavy atom. The minimum Gasteiger partial charge on any atom is -0.331 e. The van der Waals surface area contributed by atoms with Gasteiger partial charge in [-0.15, -0.1) is 22.0 Å². The molecule has 0 amide bonds. The molecule has 0 spiro atoms. The van der Waals surface area contributed by atoms with E-state index < -0.39 is 0 Å². The van der Waals surface area contributed by atoms with Gasteiger partial charge in [-0.05, 0) is 29.5 Å². The Hall–Kier alpha value is -2.60. The van der Waals surface area contributed by atoms with Gasteiger partial charge in [0.15, 0.2) is 5.82 Å². The lowest BCUT2D eigenvalue weighted by atomic mass is 9.94. The quantitative estimate of drug-likeness (QED) is 0.574. The largest absolute Gasteiger partial charge is 0.331 e. The van der Waals surface area contributed by atoms with E-state index >= 15 is 0 Å². The number of H-pyrrole nitrogens is 1. The molecule has 0 saturated heterocycles. The minimum atomic E-state index is 0.462. The molecule has 2 aromatic carbocycles. The van der Waals surface area contributed by atoms with Crippen LogP contribution in [0, 0.1) is 0 Å². The van der Waals surface area contributed by atoms with Gasteiger partial charge < -0.3 is 4.57 Å². The fourth-order valence-electron chi connectivity index (χ4n) is 4.15. The highest BCUT2D eigenvalue weighted by molar-refractivity contribution is 8.00.